The van der Waals surface area contributed by atoms with Gasteiger partial charge in [-0.15, -0.1) is 18.3 Å². The van der Waals surface area contributed by atoms with E-state index in [0.29, 0.717) is 11.4 Å². The average Bonchev–Trinajstić information content (AvgIpc) is 2.96. The Morgan fingerprint density at radius 1 is 1.05 bits per heavy atom. The van der Waals surface area contributed by atoms with Crippen molar-refractivity contribution in [2.45, 2.75) is 6.36 Å². The lowest BCUT2D eigenvalue weighted by atomic mass is 10.3. The fourth-order valence-corrected chi connectivity index (χ4v) is 1.73. The minimum Gasteiger partial charge on any atom is -0.388 e. The zero-order valence-corrected chi connectivity index (χ0v) is 10.9. The molecule has 0 saturated heterocycles. The summed E-state index contributed by atoms with van der Waals surface area (Å²) in [5, 5.41) is 7.78. The highest BCUT2D eigenvalue weighted by atomic mass is 19.4. The van der Waals surface area contributed by atoms with Crippen LogP contribution in [0.4, 0.5) is 13.2 Å². The molecule has 3 rings (SSSR count). The fourth-order valence-electron chi connectivity index (χ4n) is 1.73. The molecule has 3 aromatic heterocycles. The lowest BCUT2D eigenvalue weighted by molar-refractivity contribution is -0.276. The van der Waals surface area contributed by atoms with Crippen LogP contribution >= 0.6 is 0 Å². The van der Waals surface area contributed by atoms with Crippen LogP contribution < -0.4 is 4.74 Å². The van der Waals surface area contributed by atoms with Gasteiger partial charge < -0.3 is 4.74 Å². The van der Waals surface area contributed by atoms with Crippen molar-refractivity contribution in [2.75, 3.05) is 0 Å². The van der Waals surface area contributed by atoms with Crippen LogP contribution in [0.1, 0.15) is 0 Å². The van der Waals surface area contributed by atoms with Crippen molar-refractivity contribution in [1.82, 2.24) is 25.0 Å². The predicted molar refractivity (Wildman–Crippen MR) is 69.1 cm³/mol. The number of alkyl halides is 3. The number of hydrogen-bond donors (Lipinski definition) is 0. The summed E-state index contributed by atoms with van der Waals surface area (Å²) in [5.74, 6) is -0.555. The van der Waals surface area contributed by atoms with E-state index in [1.165, 1.54) is 23.0 Å². The van der Waals surface area contributed by atoms with Gasteiger partial charge in [0.15, 0.2) is 0 Å². The first-order valence-corrected chi connectivity index (χ1v) is 6.07. The Morgan fingerprint density at radius 3 is 2.64 bits per heavy atom. The van der Waals surface area contributed by atoms with Crippen LogP contribution in [-0.4, -0.2) is 31.3 Å². The molecule has 0 N–H and O–H groups in total. The van der Waals surface area contributed by atoms with E-state index < -0.39 is 12.2 Å². The Morgan fingerprint density at radius 2 is 1.91 bits per heavy atom. The molecule has 0 aromatic carbocycles. The zero-order chi connectivity index (χ0) is 15.6. The molecular formula is C13H8F3N5O. The topological polar surface area (TPSA) is 65.7 Å². The lowest BCUT2D eigenvalue weighted by Gasteiger charge is -2.07. The molecule has 0 spiro atoms. The van der Waals surface area contributed by atoms with Crippen LogP contribution in [0, 0.1) is 0 Å². The van der Waals surface area contributed by atoms with Gasteiger partial charge in [-0.05, 0) is 18.2 Å². The minimum absolute atomic E-state index is 0.219. The highest BCUT2D eigenvalue weighted by Crippen LogP contribution is 2.23. The maximum Gasteiger partial charge on any atom is 0.574 e. The van der Waals surface area contributed by atoms with E-state index in [1.54, 1.807) is 24.5 Å². The molecule has 3 heterocycles. The molecule has 0 fully saturated rings. The standard InChI is InChI=1S/C13H8F3N5O/c14-13(15,16)22-12-5-1-4-10(18-12)11-8-21(20-19-11)9-3-2-6-17-7-9/h1-8H. The monoisotopic (exact) mass is 307 g/mol. The van der Waals surface area contributed by atoms with Crippen LogP contribution in [0.15, 0.2) is 48.9 Å². The molecule has 0 bridgehead atoms. The number of pyridine rings is 2. The second kappa shape index (κ2) is 5.43. The normalized spacial score (nSPS) is 11.4. The van der Waals surface area contributed by atoms with Crippen molar-refractivity contribution < 1.29 is 17.9 Å². The molecule has 0 radical (unpaired) electrons. The third-order valence-corrected chi connectivity index (χ3v) is 2.61. The number of aromatic nitrogens is 5. The van der Waals surface area contributed by atoms with Crippen molar-refractivity contribution >= 4 is 0 Å². The van der Waals surface area contributed by atoms with Crippen LogP contribution in [0.5, 0.6) is 5.88 Å². The summed E-state index contributed by atoms with van der Waals surface area (Å²) in [6.07, 6.45) is -0.0639. The van der Waals surface area contributed by atoms with Crippen molar-refractivity contribution in [3.8, 4) is 23.0 Å². The average molecular weight is 307 g/mol. The van der Waals surface area contributed by atoms with Gasteiger partial charge in [0, 0.05) is 12.3 Å². The van der Waals surface area contributed by atoms with Crippen LogP contribution in [0.3, 0.4) is 0 Å². The summed E-state index contributed by atoms with van der Waals surface area (Å²) >= 11 is 0. The molecule has 0 atom stereocenters. The van der Waals surface area contributed by atoms with Crippen LogP contribution in [0.2, 0.25) is 0 Å². The zero-order valence-electron chi connectivity index (χ0n) is 10.9. The molecule has 22 heavy (non-hydrogen) atoms. The van der Waals surface area contributed by atoms with Gasteiger partial charge in [0.05, 0.1) is 23.8 Å². The highest BCUT2D eigenvalue weighted by Gasteiger charge is 2.31. The molecule has 0 aliphatic rings. The van der Waals surface area contributed by atoms with E-state index in [-0.39, 0.29) is 5.69 Å². The second-order valence-corrected chi connectivity index (χ2v) is 4.17. The highest BCUT2D eigenvalue weighted by molar-refractivity contribution is 5.53. The summed E-state index contributed by atoms with van der Waals surface area (Å²) in [7, 11) is 0. The molecule has 0 saturated carbocycles. The van der Waals surface area contributed by atoms with Gasteiger partial charge in [-0.1, -0.05) is 11.3 Å². The Bertz CT molecular complexity index is 773. The summed E-state index contributed by atoms with van der Waals surface area (Å²) < 4.78 is 41.8. The first-order chi connectivity index (χ1) is 10.5. The van der Waals surface area contributed by atoms with E-state index in [9.17, 15) is 13.2 Å². The van der Waals surface area contributed by atoms with Gasteiger partial charge in [0.25, 0.3) is 0 Å². The first-order valence-electron chi connectivity index (χ1n) is 6.07. The quantitative estimate of drug-likeness (QED) is 0.744. The van der Waals surface area contributed by atoms with E-state index >= 15 is 0 Å². The summed E-state index contributed by atoms with van der Waals surface area (Å²) in [4.78, 5) is 7.71. The SMILES string of the molecule is FC(F)(F)Oc1cccc(-c2cn(-c3cccnc3)nn2)n1. The molecule has 3 aromatic rings. The van der Waals surface area contributed by atoms with Gasteiger partial charge in [0.1, 0.15) is 5.69 Å². The number of halogens is 3. The molecule has 0 unspecified atom stereocenters. The van der Waals surface area contributed by atoms with Gasteiger partial charge in [-0.2, -0.15) is 0 Å². The van der Waals surface area contributed by atoms with Crippen LogP contribution in [-0.2, 0) is 0 Å². The largest absolute Gasteiger partial charge is 0.574 e. The third-order valence-electron chi connectivity index (χ3n) is 2.61. The molecule has 112 valence electrons. The molecule has 0 aliphatic heterocycles. The molecule has 9 heteroatoms. The van der Waals surface area contributed by atoms with Gasteiger partial charge in [-0.3, -0.25) is 4.98 Å². The Balaban J connectivity index is 1.89. The fraction of sp³-hybridized carbons (Fsp3) is 0.0769. The first kappa shape index (κ1) is 14.0. The second-order valence-electron chi connectivity index (χ2n) is 4.17. The van der Waals surface area contributed by atoms with E-state index in [4.69, 9.17) is 0 Å². The van der Waals surface area contributed by atoms with Crippen LogP contribution in [0.25, 0.3) is 17.1 Å². The maximum atomic E-state index is 12.2. The molecule has 0 aliphatic carbocycles. The van der Waals surface area contributed by atoms with E-state index in [0.717, 1.165) is 6.07 Å². The summed E-state index contributed by atoms with van der Waals surface area (Å²) in [6, 6.07) is 7.52. The van der Waals surface area contributed by atoms with Gasteiger partial charge >= 0.3 is 6.36 Å². The smallest absolute Gasteiger partial charge is 0.388 e. The van der Waals surface area contributed by atoms with Crippen molar-refractivity contribution in [1.29, 1.82) is 0 Å². The number of ether oxygens (including phenoxy) is 1. The third kappa shape index (κ3) is 3.19. The Hall–Kier alpha value is -2.97. The van der Waals surface area contributed by atoms with Crippen molar-refractivity contribution in [3.63, 3.8) is 0 Å². The Kier molecular flexibility index (Phi) is 3.45. The number of nitrogens with zero attached hydrogens (tertiary/aromatic N) is 5. The minimum atomic E-state index is -4.79. The van der Waals surface area contributed by atoms with Gasteiger partial charge in [0.2, 0.25) is 5.88 Å². The number of rotatable bonds is 3. The van der Waals surface area contributed by atoms with Crippen molar-refractivity contribution in [3.05, 3.63) is 48.9 Å². The molecule has 6 nitrogen and oxygen atoms in total. The van der Waals surface area contributed by atoms with E-state index in [1.807, 2.05) is 0 Å². The molecule has 0 amide bonds. The summed E-state index contributed by atoms with van der Waals surface area (Å²) in [6.45, 7) is 0. The Labute approximate surface area is 122 Å². The lowest BCUT2D eigenvalue weighted by Crippen LogP contribution is -2.17. The van der Waals surface area contributed by atoms with Crippen molar-refractivity contribution in [2.24, 2.45) is 0 Å². The predicted octanol–water partition coefficient (Wildman–Crippen LogP) is 2.62. The maximum absolute atomic E-state index is 12.2. The van der Waals surface area contributed by atoms with Gasteiger partial charge in [-0.25, -0.2) is 9.67 Å². The summed E-state index contributed by atoms with van der Waals surface area (Å²) in [5.41, 5.74) is 1.21. The van der Waals surface area contributed by atoms with E-state index in [2.05, 4.69) is 25.0 Å². The molecular weight excluding hydrogens is 299 g/mol. The number of hydrogen-bond acceptors (Lipinski definition) is 5.